The summed E-state index contributed by atoms with van der Waals surface area (Å²) >= 11 is 7.37. The molecule has 0 saturated heterocycles. The molecule has 0 aromatic carbocycles. The summed E-state index contributed by atoms with van der Waals surface area (Å²) in [6.45, 7) is 2.76. The number of nitrogens with one attached hydrogen (secondary N) is 1. The maximum Gasteiger partial charge on any atom is 0.223 e. The van der Waals surface area contributed by atoms with Crippen LogP contribution in [0.25, 0.3) is 0 Å². The van der Waals surface area contributed by atoms with E-state index in [1.165, 1.54) is 11.8 Å². The largest absolute Gasteiger partial charge is 0.369 e. The second kappa shape index (κ2) is 4.53. The van der Waals surface area contributed by atoms with Crippen molar-refractivity contribution in [3.05, 3.63) is 5.15 Å². The summed E-state index contributed by atoms with van der Waals surface area (Å²) in [6, 6.07) is 0. The number of hydrogen-bond acceptors (Lipinski definition) is 5. The van der Waals surface area contributed by atoms with Crippen molar-refractivity contribution in [2.24, 2.45) is 0 Å². The predicted molar refractivity (Wildman–Crippen MR) is 57.4 cm³/mol. The smallest absolute Gasteiger partial charge is 0.223 e. The van der Waals surface area contributed by atoms with Gasteiger partial charge in [0, 0.05) is 6.54 Å². The van der Waals surface area contributed by atoms with Crippen LogP contribution in [0.3, 0.4) is 0 Å². The molecule has 0 aliphatic rings. The average molecular weight is 219 g/mol. The van der Waals surface area contributed by atoms with Gasteiger partial charge in [0.15, 0.2) is 0 Å². The monoisotopic (exact) mass is 218 g/mol. The standard InChI is InChI=1S/C7H11ClN4S/c1-3-10-6-4(13-2)5(8)11-7(9)12-6/h3H2,1-2H3,(H3,9,10,11,12). The Kier molecular flexibility index (Phi) is 3.62. The van der Waals surface area contributed by atoms with Crippen molar-refractivity contribution < 1.29 is 0 Å². The van der Waals surface area contributed by atoms with E-state index in [0.717, 1.165) is 11.4 Å². The lowest BCUT2D eigenvalue weighted by atomic mass is 10.5. The lowest BCUT2D eigenvalue weighted by Gasteiger charge is -2.08. The van der Waals surface area contributed by atoms with Gasteiger partial charge in [-0.2, -0.15) is 9.97 Å². The molecule has 0 amide bonds. The molecule has 1 aromatic rings. The van der Waals surface area contributed by atoms with E-state index in [9.17, 15) is 0 Å². The van der Waals surface area contributed by atoms with Crippen molar-refractivity contribution in [3.63, 3.8) is 0 Å². The summed E-state index contributed by atoms with van der Waals surface area (Å²) in [4.78, 5) is 8.73. The van der Waals surface area contributed by atoms with Crippen LogP contribution in [0.1, 0.15) is 6.92 Å². The molecule has 0 bridgehead atoms. The fourth-order valence-electron chi connectivity index (χ4n) is 0.908. The molecule has 0 aliphatic carbocycles. The lowest BCUT2D eigenvalue weighted by molar-refractivity contribution is 1.07. The first-order chi connectivity index (χ1) is 6.19. The van der Waals surface area contributed by atoms with Gasteiger partial charge in [-0.05, 0) is 13.2 Å². The van der Waals surface area contributed by atoms with Crippen LogP contribution in [-0.4, -0.2) is 22.8 Å². The molecule has 6 heteroatoms. The molecule has 13 heavy (non-hydrogen) atoms. The molecule has 72 valence electrons. The van der Waals surface area contributed by atoms with Crippen molar-refractivity contribution in [2.75, 3.05) is 23.9 Å². The van der Waals surface area contributed by atoms with Gasteiger partial charge >= 0.3 is 0 Å². The van der Waals surface area contributed by atoms with Crippen LogP contribution >= 0.6 is 23.4 Å². The Morgan fingerprint density at radius 2 is 2.23 bits per heavy atom. The van der Waals surface area contributed by atoms with Gasteiger partial charge in [0.25, 0.3) is 0 Å². The topological polar surface area (TPSA) is 63.8 Å². The number of rotatable bonds is 3. The quantitative estimate of drug-likeness (QED) is 0.599. The highest BCUT2D eigenvalue weighted by atomic mass is 35.5. The van der Waals surface area contributed by atoms with E-state index in [1.54, 1.807) is 0 Å². The van der Waals surface area contributed by atoms with E-state index in [4.69, 9.17) is 17.3 Å². The van der Waals surface area contributed by atoms with Crippen molar-refractivity contribution in [3.8, 4) is 0 Å². The molecule has 0 spiro atoms. The number of nitrogens with two attached hydrogens (primary N) is 1. The molecule has 4 nitrogen and oxygen atoms in total. The average Bonchev–Trinajstić information content (AvgIpc) is 2.04. The first kappa shape index (κ1) is 10.4. The highest BCUT2D eigenvalue weighted by Gasteiger charge is 2.09. The number of halogens is 1. The first-order valence-electron chi connectivity index (χ1n) is 3.80. The zero-order valence-electron chi connectivity index (χ0n) is 7.47. The van der Waals surface area contributed by atoms with Crippen molar-refractivity contribution in [1.29, 1.82) is 0 Å². The molecule has 0 saturated carbocycles. The fraction of sp³-hybridized carbons (Fsp3) is 0.429. The highest BCUT2D eigenvalue weighted by Crippen LogP contribution is 2.30. The number of hydrogen-bond donors (Lipinski definition) is 2. The number of aromatic nitrogens is 2. The summed E-state index contributed by atoms with van der Waals surface area (Å²) in [7, 11) is 0. The van der Waals surface area contributed by atoms with E-state index in [0.29, 0.717) is 11.0 Å². The molecule has 1 aromatic heterocycles. The SMILES string of the molecule is CCNc1nc(N)nc(Cl)c1SC. The number of nitrogens with zero attached hydrogens (tertiary/aromatic N) is 2. The molecular weight excluding hydrogens is 208 g/mol. The third-order valence-corrected chi connectivity index (χ3v) is 2.57. The maximum atomic E-state index is 5.88. The summed E-state index contributed by atoms with van der Waals surface area (Å²) < 4.78 is 0. The van der Waals surface area contributed by atoms with Gasteiger partial charge in [0.05, 0.1) is 4.90 Å². The van der Waals surface area contributed by atoms with Gasteiger partial charge in [-0.3, -0.25) is 0 Å². The minimum Gasteiger partial charge on any atom is -0.369 e. The maximum absolute atomic E-state index is 5.88. The number of thioether (sulfide) groups is 1. The van der Waals surface area contributed by atoms with Gasteiger partial charge in [-0.1, -0.05) is 11.6 Å². The fourth-order valence-corrected chi connectivity index (χ4v) is 1.84. The van der Waals surface area contributed by atoms with Crippen molar-refractivity contribution in [2.45, 2.75) is 11.8 Å². The Hall–Kier alpha value is -0.680. The van der Waals surface area contributed by atoms with E-state index in [2.05, 4.69) is 15.3 Å². The number of anilines is 2. The highest BCUT2D eigenvalue weighted by molar-refractivity contribution is 7.98. The molecule has 0 fully saturated rings. The van der Waals surface area contributed by atoms with Crippen LogP contribution in [0.4, 0.5) is 11.8 Å². The lowest BCUT2D eigenvalue weighted by Crippen LogP contribution is -2.05. The van der Waals surface area contributed by atoms with Gasteiger partial charge in [-0.15, -0.1) is 11.8 Å². The summed E-state index contributed by atoms with van der Waals surface area (Å²) in [5, 5.41) is 3.47. The molecule has 0 atom stereocenters. The molecule has 0 unspecified atom stereocenters. The minimum atomic E-state index is 0.193. The van der Waals surface area contributed by atoms with Crippen LogP contribution in [0.15, 0.2) is 4.90 Å². The molecule has 0 radical (unpaired) electrons. The third-order valence-electron chi connectivity index (χ3n) is 1.39. The summed E-state index contributed by atoms with van der Waals surface area (Å²) in [5.41, 5.74) is 5.46. The Labute approximate surface area is 86.3 Å². The van der Waals surface area contributed by atoms with Gasteiger partial charge in [0.1, 0.15) is 11.0 Å². The molecule has 1 rings (SSSR count). The third kappa shape index (κ3) is 2.38. The second-order valence-corrected chi connectivity index (χ2v) is 3.46. The second-order valence-electron chi connectivity index (χ2n) is 2.28. The van der Waals surface area contributed by atoms with E-state index in [1.807, 2.05) is 13.2 Å². The Morgan fingerprint density at radius 3 is 2.77 bits per heavy atom. The van der Waals surface area contributed by atoms with E-state index in [-0.39, 0.29) is 5.95 Å². The van der Waals surface area contributed by atoms with Crippen LogP contribution in [0, 0.1) is 0 Å². The molecule has 0 aliphatic heterocycles. The van der Waals surface area contributed by atoms with E-state index < -0.39 is 0 Å². The summed E-state index contributed by atoms with van der Waals surface area (Å²) in [6.07, 6.45) is 1.92. The Bertz CT molecular complexity index is 305. The summed E-state index contributed by atoms with van der Waals surface area (Å²) in [5.74, 6) is 0.895. The molecular formula is C7H11ClN4S. The predicted octanol–water partition coefficient (Wildman–Crippen LogP) is 1.87. The van der Waals surface area contributed by atoms with Crippen LogP contribution in [-0.2, 0) is 0 Å². The normalized spacial score (nSPS) is 10.1. The van der Waals surface area contributed by atoms with Gasteiger partial charge < -0.3 is 11.1 Å². The van der Waals surface area contributed by atoms with Crippen LogP contribution < -0.4 is 11.1 Å². The van der Waals surface area contributed by atoms with Crippen molar-refractivity contribution >= 4 is 35.1 Å². The minimum absolute atomic E-state index is 0.193. The van der Waals surface area contributed by atoms with Gasteiger partial charge in [0.2, 0.25) is 5.95 Å². The zero-order chi connectivity index (χ0) is 9.84. The Balaban J connectivity index is 3.13. The number of nitrogen functional groups attached to an aromatic ring is 1. The molecule has 1 heterocycles. The zero-order valence-corrected chi connectivity index (χ0v) is 9.04. The van der Waals surface area contributed by atoms with E-state index >= 15 is 0 Å². The first-order valence-corrected chi connectivity index (χ1v) is 5.40. The molecule has 3 N–H and O–H groups in total. The Morgan fingerprint density at radius 1 is 1.54 bits per heavy atom. The van der Waals surface area contributed by atoms with Crippen LogP contribution in [0.5, 0.6) is 0 Å². The van der Waals surface area contributed by atoms with Gasteiger partial charge in [-0.25, -0.2) is 0 Å². The van der Waals surface area contributed by atoms with Crippen molar-refractivity contribution in [1.82, 2.24) is 9.97 Å². The van der Waals surface area contributed by atoms with Crippen LogP contribution in [0.2, 0.25) is 5.15 Å².